The van der Waals surface area contributed by atoms with E-state index >= 15 is 0 Å². The summed E-state index contributed by atoms with van der Waals surface area (Å²) in [5.41, 5.74) is 0. The third-order valence-electron chi connectivity index (χ3n) is 4.78. The molecule has 8 nitrogen and oxygen atoms in total. The SMILES string of the molecule is CCNC(=NCCn1cnnc1CC)NC1CCN(c2ccccn2)CC1. The molecule has 2 aromatic rings. The highest BCUT2D eigenvalue weighted by Crippen LogP contribution is 2.17. The Labute approximate surface area is 161 Å². The third kappa shape index (κ3) is 5.42. The van der Waals surface area contributed by atoms with Crippen LogP contribution in [0, 0.1) is 0 Å². The number of nitrogens with zero attached hydrogens (tertiary/aromatic N) is 6. The summed E-state index contributed by atoms with van der Waals surface area (Å²) >= 11 is 0. The normalized spacial score (nSPS) is 15.8. The van der Waals surface area contributed by atoms with E-state index in [-0.39, 0.29) is 0 Å². The van der Waals surface area contributed by atoms with Crippen molar-refractivity contribution in [3.8, 4) is 0 Å². The standard InChI is InChI=1S/C19H30N8/c1-3-17-25-23-15-27(17)14-11-22-19(20-4-2)24-16-8-12-26(13-9-16)18-7-5-6-10-21-18/h5-7,10,15-16H,3-4,8-9,11-14H2,1-2H3,(H2,20,22,24). The average molecular weight is 371 g/mol. The summed E-state index contributed by atoms with van der Waals surface area (Å²) < 4.78 is 2.07. The number of pyridine rings is 1. The van der Waals surface area contributed by atoms with Crippen LogP contribution < -0.4 is 15.5 Å². The zero-order valence-electron chi connectivity index (χ0n) is 16.3. The Morgan fingerprint density at radius 1 is 1.26 bits per heavy atom. The van der Waals surface area contributed by atoms with Crippen LogP contribution in [0.3, 0.4) is 0 Å². The highest BCUT2D eigenvalue weighted by Gasteiger charge is 2.20. The second-order valence-electron chi connectivity index (χ2n) is 6.65. The molecule has 0 unspecified atom stereocenters. The molecule has 0 atom stereocenters. The van der Waals surface area contributed by atoms with Gasteiger partial charge in [0, 0.05) is 44.8 Å². The van der Waals surface area contributed by atoms with Crippen LogP contribution >= 0.6 is 0 Å². The molecule has 1 fully saturated rings. The van der Waals surface area contributed by atoms with Gasteiger partial charge in [-0.2, -0.15) is 0 Å². The Kier molecular flexibility index (Phi) is 7.01. The molecule has 3 rings (SSSR count). The van der Waals surface area contributed by atoms with E-state index in [9.17, 15) is 0 Å². The zero-order valence-corrected chi connectivity index (χ0v) is 16.3. The number of aryl methyl sites for hydroxylation is 1. The number of hydrogen-bond acceptors (Lipinski definition) is 5. The molecule has 0 aromatic carbocycles. The first kappa shape index (κ1) is 19.1. The minimum atomic E-state index is 0.434. The summed E-state index contributed by atoms with van der Waals surface area (Å²) in [6.45, 7) is 8.55. The average Bonchev–Trinajstić information content (AvgIpc) is 3.17. The molecule has 0 amide bonds. The molecule has 1 aliphatic heterocycles. The molecule has 1 aliphatic rings. The lowest BCUT2D eigenvalue weighted by Crippen LogP contribution is -2.49. The predicted molar refractivity (Wildman–Crippen MR) is 108 cm³/mol. The summed E-state index contributed by atoms with van der Waals surface area (Å²) in [6, 6.07) is 6.51. The summed E-state index contributed by atoms with van der Waals surface area (Å²) in [6.07, 6.45) is 6.67. The molecule has 0 bridgehead atoms. The molecule has 2 aromatic heterocycles. The van der Waals surface area contributed by atoms with E-state index in [0.29, 0.717) is 12.6 Å². The van der Waals surface area contributed by atoms with Crippen molar-refractivity contribution < 1.29 is 0 Å². The van der Waals surface area contributed by atoms with Gasteiger partial charge >= 0.3 is 0 Å². The second kappa shape index (κ2) is 9.89. The minimum absolute atomic E-state index is 0.434. The van der Waals surface area contributed by atoms with Crippen LogP contribution in [-0.4, -0.2) is 57.9 Å². The van der Waals surface area contributed by atoms with E-state index in [1.54, 1.807) is 6.33 Å². The first-order chi connectivity index (χ1) is 13.3. The van der Waals surface area contributed by atoms with Crippen LogP contribution in [0.2, 0.25) is 0 Å². The maximum absolute atomic E-state index is 4.73. The summed E-state index contributed by atoms with van der Waals surface area (Å²) in [5, 5.41) is 15.0. The zero-order chi connectivity index (χ0) is 18.9. The topological polar surface area (TPSA) is 83.3 Å². The lowest BCUT2D eigenvalue weighted by atomic mass is 10.1. The van der Waals surface area contributed by atoms with Gasteiger partial charge in [-0.15, -0.1) is 10.2 Å². The van der Waals surface area contributed by atoms with Gasteiger partial charge in [0.25, 0.3) is 0 Å². The second-order valence-corrected chi connectivity index (χ2v) is 6.65. The predicted octanol–water partition coefficient (Wildman–Crippen LogP) is 1.46. The highest BCUT2D eigenvalue weighted by molar-refractivity contribution is 5.80. The Morgan fingerprint density at radius 3 is 2.81 bits per heavy atom. The maximum Gasteiger partial charge on any atom is 0.191 e. The van der Waals surface area contributed by atoms with E-state index in [1.807, 2.05) is 18.3 Å². The molecule has 27 heavy (non-hydrogen) atoms. The molecule has 146 valence electrons. The summed E-state index contributed by atoms with van der Waals surface area (Å²) in [4.78, 5) is 11.5. The van der Waals surface area contributed by atoms with Crippen molar-refractivity contribution in [2.75, 3.05) is 31.1 Å². The van der Waals surface area contributed by atoms with E-state index in [0.717, 1.165) is 63.0 Å². The van der Waals surface area contributed by atoms with Crippen LogP contribution in [0.15, 0.2) is 35.7 Å². The van der Waals surface area contributed by atoms with Gasteiger partial charge < -0.3 is 20.1 Å². The minimum Gasteiger partial charge on any atom is -0.357 e. The number of aliphatic imine (C=N–C) groups is 1. The van der Waals surface area contributed by atoms with Crippen molar-refractivity contribution in [3.63, 3.8) is 0 Å². The van der Waals surface area contributed by atoms with E-state index in [4.69, 9.17) is 4.99 Å². The number of hydrogen-bond donors (Lipinski definition) is 2. The van der Waals surface area contributed by atoms with Crippen LogP contribution in [0.4, 0.5) is 5.82 Å². The number of nitrogens with one attached hydrogen (secondary N) is 2. The maximum atomic E-state index is 4.73. The fourth-order valence-corrected chi connectivity index (χ4v) is 3.32. The van der Waals surface area contributed by atoms with Gasteiger partial charge in [0.1, 0.15) is 18.0 Å². The van der Waals surface area contributed by atoms with Gasteiger partial charge in [0.2, 0.25) is 0 Å². The molecule has 0 aliphatic carbocycles. The van der Waals surface area contributed by atoms with Crippen LogP contribution in [0.1, 0.15) is 32.5 Å². The molecular formula is C19H30N8. The smallest absolute Gasteiger partial charge is 0.191 e. The Morgan fingerprint density at radius 2 is 2.11 bits per heavy atom. The Bertz CT molecular complexity index is 704. The van der Waals surface area contributed by atoms with Gasteiger partial charge in [-0.3, -0.25) is 4.99 Å². The largest absolute Gasteiger partial charge is 0.357 e. The molecule has 8 heteroatoms. The van der Waals surface area contributed by atoms with Crippen LogP contribution in [-0.2, 0) is 13.0 Å². The van der Waals surface area contributed by atoms with Crippen LogP contribution in [0.5, 0.6) is 0 Å². The molecule has 1 saturated heterocycles. The summed E-state index contributed by atoms with van der Waals surface area (Å²) in [5.74, 6) is 2.96. The molecule has 0 saturated carbocycles. The van der Waals surface area contributed by atoms with Crippen molar-refractivity contribution in [2.45, 2.75) is 45.7 Å². The number of anilines is 1. The van der Waals surface area contributed by atoms with E-state index in [2.05, 4.69) is 55.2 Å². The fraction of sp³-hybridized carbons (Fsp3) is 0.579. The molecule has 3 heterocycles. The molecular weight excluding hydrogens is 340 g/mol. The first-order valence-corrected chi connectivity index (χ1v) is 9.87. The van der Waals surface area contributed by atoms with Crippen molar-refractivity contribution in [3.05, 3.63) is 36.5 Å². The van der Waals surface area contributed by atoms with Gasteiger partial charge in [0.15, 0.2) is 5.96 Å². The van der Waals surface area contributed by atoms with Crippen molar-refractivity contribution in [1.82, 2.24) is 30.4 Å². The lowest BCUT2D eigenvalue weighted by Gasteiger charge is -2.33. The van der Waals surface area contributed by atoms with Gasteiger partial charge in [0.05, 0.1) is 6.54 Å². The summed E-state index contributed by atoms with van der Waals surface area (Å²) in [7, 11) is 0. The van der Waals surface area contributed by atoms with Gasteiger partial charge in [-0.1, -0.05) is 13.0 Å². The van der Waals surface area contributed by atoms with E-state index in [1.165, 1.54) is 0 Å². The quantitative estimate of drug-likeness (QED) is 0.567. The molecule has 0 spiro atoms. The fourth-order valence-electron chi connectivity index (χ4n) is 3.32. The number of guanidine groups is 1. The first-order valence-electron chi connectivity index (χ1n) is 9.87. The van der Waals surface area contributed by atoms with Gasteiger partial charge in [-0.05, 0) is 31.9 Å². The van der Waals surface area contributed by atoms with Crippen molar-refractivity contribution in [1.29, 1.82) is 0 Å². The lowest BCUT2D eigenvalue weighted by molar-refractivity contribution is 0.459. The Balaban J connectivity index is 1.49. The third-order valence-corrected chi connectivity index (χ3v) is 4.78. The van der Waals surface area contributed by atoms with Crippen LogP contribution in [0.25, 0.3) is 0 Å². The number of rotatable bonds is 7. The molecule has 2 N–H and O–H groups in total. The monoisotopic (exact) mass is 370 g/mol. The number of aromatic nitrogens is 4. The highest BCUT2D eigenvalue weighted by atomic mass is 15.3. The van der Waals surface area contributed by atoms with Crippen molar-refractivity contribution >= 4 is 11.8 Å². The Hall–Kier alpha value is -2.64. The van der Waals surface area contributed by atoms with Gasteiger partial charge in [-0.25, -0.2) is 4.98 Å². The number of piperidine rings is 1. The molecule has 0 radical (unpaired) electrons. The van der Waals surface area contributed by atoms with E-state index < -0.39 is 0 Å². The van der Waals surface area contributed by atoms with Crippen molar-refractivity contribution in [2.24, 2.45) is 4.99 Å².